The maximum Gasteiger partial charge on any atom is 0.407 e. The van der Waals surface area contributed by atoms with Gasteiger partial charge in [0.05, 0.1) is 12.1 Å². The first kappa shape index (κ1) is 29.0. The summed E-state index contributed by atoms with van der Waals surface area (Å²) in [7, 11) is 1.98. The van der Waals surface area contributed by atoms with Gasteiger partial charge in [-0.3, -0.25) is 4.79 Å². The van der Waals surface area contributed by atoms with E-state index in [1.165, 1.54) is 4.90 Å². The van der Waals surface area contributed by atoms with Crippen molar-refractivity contribution in [2.75, 3.05) is 12.3 Å². The molecule has 3 atom stereocenters. The average molecular weight is 531 g/mol. The summed E-state index contributed by atoms with van der Waals surface area (Å²) in [5, 5.41) is 25.2. The highest BCUT2D eigenvalue weighted by Crippen LogP contribution is 2.46. The van der Waals surface area contributed by atoms with Crippen LogP contribution in [0.5, 0.6) is 0 Å². The van der Waals surface area contributed by atoms with Crippen molar-refractivity contribution >= 4 is 23.8 Å². The maximum absolute atomic E-state index is 13.1. The fourth-order valence-corrected chi connectivity index (χ4v) is 6.02. The molecule has 37 heavy (non-hydrogen) atoms. The van der Waals surface area contributed by atoms with Gasteiger partial charge >= 0.3 is 6.09 Å². The molecule has 8 nitrogen and oxygen atoms in total. The Hall–Kier alpha value is -2.52. The summed E-state index contributed by atoms with van der Waals surface area (Å²) in [6.07, 6.45) is 8.16. The van der Waals surface area contributed by atoms with Crippen LogP contribution in [0.1, 0.15) is 76.8 Å². The van der Waals surface area contributed by atoms with Crippen molar-refractivity contribution in [1.82, 2.24) is 19.8 Å². The van der Waals surface area contributed by atoms with Gasteiger partial charge in [0.2, 0.25) is 0 Å². The number of nitrogens with one attached hydrogen (secondary N) is 1. The summed E-state index contributed by atoms with van der Waals surface area (Å²) < 4.78 is 2.00. The van der Waals surface area contributed by atoms with E-state index in [1.54, 1.807) is 18.0 Å². The molecule has 0 aliphatic heterocycles. The van der Waals surface area contributed by atoms with E-state index in [2.05, 4.69) is 10.3 Å². The van der Waals surface area contributed by atoms with Crippen molar-refractivity contribution in [3.05, 3.63) is 48.3 Å². The number of aliphatic hydroxyl groups is 1. The second-order valence-electron chi connectivity index (χ2n) is 10.3. The van der Waals surface area contributed by atoms with Crippen molar-refractivity contribution in [2.45, 2.75) is 88.6 Å². The van der Waals surface area contributed by atoms with Crippen LogP contribution in [-0.2, 0) is 11.8 Å². The van der Waals surface area contributed by atoms with E-state index < -0.39 is 24.1 Å². The highest BCUT2D eigenvalue weighted by molar-refractivity contribution is 7.99. The zero-order chi connectivity index (χ0) is 26.8. The summed E-state index contributed by atoms with van der Waals surface area (Å²) in [4.78, 5) is 31.3. The second-order valence-corrected chi connectivity index (χ2v) is 11.4. The van der Waals surface area contributed by atoms with E-state index in [0.717, 1.165) is 61.4 Å². The number of hydrogen-bond donors (Lipinski definition) is 3. The Kier molecular flexibility index (Phi) is 10.9. The van der Waals surface area contributed by atoms with Crippen LogP contribution in [0.15, 0.2) is 47.9 Å². The standard InChI is InChI=1S/C28H42N4O4S/c1-4-5-13-23(24(33)25(34)30-21(2)22-11-7-6-8-12-22)32(27(35)36)20-28(14-9-15-28)16-10-19-37-26-29-17-18-31(26)3/h6-8,11-12,17-18,21,23-24,33H,4-5,9-10,13-16,19-20H2,1-3H3,(H,30,34)(H,35,36)/t21-,23+,24?/m1/s1. The van der Waals surface area contributed by atoms with Crippen LogP contribution in [-0.4, -0.2) is 61.1 Å². The minimum atomic E-state index is -1.43. The van der Waals surface area contributed by atoms with Crippen LogP contribution in [0, 0.1) is 5.41 Å². The number of carbonyl (C=O) groups excluding carboxylic acids is 1. The van der Waals surface area contributed by atoms with Crippen LogP contribution < -0.4 is 5.32 Å². The van der Waals surface area contributed by atoms with Crippen molar-refractivity contribution in [1.29, 1.82) is 0 Å². The first-order valence-corrected chi connectivity index (χ1v) is 14.4. The monoisotopic (exact) mass is 530 g/mol. The number of aryl methyl sites for hydroxylation is 1. The van der Waals surface area contributed by atoms with Crippen LogP contribution in [0.4, 0.5) is 4.79 Å². The molecular formula is C28H42N4O4S. The van der Waals surface area contributed by atoms with Gasteiger partial charge in [0, 0.05) is 31.7 Å². The maximum atomic E-state index is 13.1. The fraction of sp³-hybridized carbons (Fsp3) is 0.607. The molecule has 2 amide bonds. The Morgan fingerprint density at radius 3 is 2.54 bits per heavy atom. The molecule has 3 N–H and O–H groups in total. The van der Waals surface area contributed by atoms with Gasteiger partial charge < -0.3 is 25.0 Å². The van der Waals surface area contributed by atoms with Gasteiger partial charge in [-0.15, -0.1) is 0 Å². The number of amides is 2. The number of rotatable bonds is 15. The molecule has 0 spiro atoms. The summed E-state index contributed by atoms with van der Waals surface area (Å²) >= 11 is 1.71. The molecule has 2 aromatic rings. The lowest BCUT2D eigenvalue weighted by Gasteiger charge is -2.47. The Bertz CT molecular complexity index is 995. The molecule has 9 heteroatoms. The third-order valence-corrected chi connectivity index (χ3v) is 8.71. The fourth-order valence-electron chi connectivity index (χ4n) is 5.15. The van der Waals surface area contributed by atoms with E-state index in [-0.39, 0.29) is 11.5 Å². The normalized spacial score (nSPS) is 16.9. The molecule has 0 bridgehead atoms. The lowest BCUT2D eigenvalue weighted by atomic mass is 9.65. The van der Waals surface area contributed by atoms with Crippen LogP contribution in [0.2, 0.25) is 0 Å². The zero-order valence-electron chi connectivity index (χ0n) is 22.3. The number of imidazole rings is 1. The minimum Gasteiger partial charge on any atom is -0.465 e. The third kappa shape index (κ3) is 7.98. The zero-order valence-corrected chi connectivity index (χ0v) is 23.1. The van der Waals surface area contributed by atoms with Crippen LogP contribution in [0.3, 0.4) is 0 Å². The van der Waals surface area contributed by atoms with E-state index in [9.17, 15) is 19.8 Å². The second kappa shape index (κ2) is 13.9. The predicted molar refractivity (Wildman–Crippen MR) is 147 cm³/mol. The van der Waals surface area contributed by atoms with Gasteiger partial charge in [0.15, 0.2) is 11.3 Å². The number of nitrogens with zero attached hydrogens (tertiary/aromatic N) is 3. The SMILES string of the molecule is CCCC[C@@H](C(O)C(=O)N[C@H](C)c1ccccc1)N(CC1(CCCSc2nccn2C)CCC1)C(=O)O. The van der Waals surface area contributed by atoms with Crippen molar-refractivity contribution in [3.63, 3.8) is 0 Å². The Morgan fingerprint density at radius 1 is 1.24 bits per heavy atom. The molecule has 1 aromatic heterocycles. The largest absolute Gasteiger partial charge is 0.465 e. The van der Waals surface area contributed by atoms with Gasteiger partial charge in [-0.25, -0.2) is 9.78 Å². The first-order valence-electron chi connectivity index (χ1n) is 13.4. The number of hydrogen-bond acceptors (Lipinski definition) is 5. The number of unbranched alkanes of at least 4 members (excludes halogenated alkanes) is 1. The topological polar surface area (TPSA) is 108 Å². The molecule has 204 valence electrons. The summed E-state index contributed by atoms with van der Waals surface area (Å²) in [5.41, 5.74) is 0.832. The van der Waals surface area contributed by atoms with Gasteiger partial charge in [-0.05, 0) is 50.0 Å². The first-order chi connectivity index (χ1) is 17.8. The van der Waals surface area contributed by atoms with Gasteiger partial charge in [-0.2, -0.15) is 0 Å². The lowest BCUT2D eigenvalue weighted by molar-refractivity contribution is -0.134. The van der Waals surface area contributed by atoms with Gasteiger partial charge in [0.25, 0.3) is 5.91 Å². The molecule has 0 saturated heterocycles. The van der Waals surface area contributed by atoms with Crippen LogP contribution in [0.25, 0.3) is 0 Å². The molecule has 3 rings (SSSR count). The van der Waals surface area contributed by atoms with Gasteiger partial charge in [-0.1, -0.05) is 68.3 Å². The number of carboxylic acid groups (broad SMARTS) is 1. The summed E-state index contributed by atoms with van der Waals surface area (Å²) in [5.74, 6) is 0.388. The minimum absolute atomic E-state index is 0.0986. The molecule has 1 fully saturated rings. The number of benzene rings is 1. The molecule has 1 aliphatic rings. The van der Waals surface area contributed by atoms with E-state index in [0.29, 0.717) is 13.0 Å². The molecular weight excluding hydrogens is 488 g/mol. The smallest absolute Gasteiger partial charge is 0.407 e. The highest BCUT2D eigenvalue weighted by Gasteiger charge is 2.43. The molecule has 1 unspecified atom stereocenters. The average Bonchev–Trinajstić information content (AvgIpc) is 3.28. The molecule has 1 aliphatic carbocycles. The van der Waals surface area contributed by atoms with Crippen LogP contribution >= 0.6 is 11.8 Å². The molecule has 1 aromatic carbocycles. The van der Waals surface area contributed by atoms with E-state index in [4.69, 9.17) is 0 Å². The Morgan fingerprint density at radius 2 is 1.97 bits per heavy atom. The van der Waals surface area contributed by atoms with Crippen molar-refractivity contribution in [3.8, 4) is 0 Å². The van der Waals surface area contributed by atoms with Crippen molar-refractivity contribution in [2.24, 2.45) is 12.5 Å². The van der Waals surface area contributed by atoms with Crippen molar-refractivity contribution < 1.29 is 19.8 Å². The third-order valence-electron chi connectivity index (χ3n) is 7.57. The highest BCUT2D eigenvalue weighted by atomic mass is 32.2. The Balaban J connectivity index is 1.66. The summed E-state index contributed by atoms with van der Waals surface area (Å²) in [6, 6.07) is 8.48. The predicted octanol–water partition coefficient (Wildman–Crippen LogP) is 5.24. The van der Waals surface area contributed by atoms with E-state index in [1.807, 2.05) is 62.0 Å². The van der Waals surface area contributed by atoms with Gasteiger partial charge in [0.1, 0.15) is 0 Å². The number of carbonyl (C=O) groups is 2. The Labute approximate surface area is 224 Å². The number of thioether (sulfide) groups is 1. The number of aliphatic hydroxyl groups excluding tert-OH is 1. The quantitative estimate of drug-likeness (QED) is 0.215. The van der Waals surface area contributed by atoms with E-state index >= 15 is 0 Å². The lowest BCUT2D eigenvalue weighted by Crippen LogP contribution is -2.56. The molecule has 1 saturated carbocycles. The summed E-state index contributed by atoms with van der Waals surface area (Å²) in [6.45, 7) is 4.24. The number of aromatic nitrogens is 2. The molecule has 0 radical (unpaired) electrons. The molecule has 1 heterocycles.